The van der Waals surface area contributed by atoms with E-state index in [2.05, 4.69) is 10.3 Å². The number of nitrogens with one attached hydrogen (secondary N) is 1. The van der Waals surface area contributed by atoms with Gasteiger partial charge in [-0.05, 0) is 42.5 Å². The fourth-order valence-corrected chi connectivity index (χ4v) is 3.85. The van der Waals surface area contributed by atoms with Crippen LogP contribution in [-0.2, 0) is 0 Å². The summed E-state index contributed by atoms with van der Waals surface area (Å²) < 4.78 is 10.6. The first-order chi connectivity index (χ1) is 14.3. The molecule has 0 unspecified atom stereocenters. The molecule has 0 aliphatic carbocycles. The van der Waals surface area contributed by atoms with Gasteiger partial charge < -0.3 is 14.8 Å². The van der Waals surface area contributed by atoms with E-state index in [9.17, 15) is 4.79 Å². The van der Waals surface area contributed by atoms with E-state index in [0.717, 1.165) is 21.8 Å². The van der Waals surface area contributed by atoms with Gasteiger partial charge >= 0.3 is 0 Å². The second-order valence-corrected chi connectivity index (χ2v) is 7.24. The Balaban J connectivity index is 1.36. The van der Waals surface area contributed by atoms with Crippen LogP contribution >= 0.6 is 11.3 Å². The lowest BCUT2D eigenvalue weighted by atomic mass is 10.1. The number of rotatable bonds is 4. The van der Waals surface area contributed by atoms with E-state index in [4.69, 9.17) is 14.5 Å². The molecule has 3 heterocycles. The fraction of sp³-hybridized carbons (Fsp3) is 0.0455. The van der Waals surface area contributed by atoms with Gasteiger partial charge in [0.05, 0.1) is 5.69 Å². The summed E-state index contributed by atoms with van der Waals surface area (Å²) in [4.78, 5) is 21.5. The molecule has 1 N–H and O–H groups in total. The zero-order valence-corrected chi connectivity index (χ0v) is 16.0. The van der Waals surface area contributed by atoms with E-state index < -0.39 is 0 Å². The van der Waals surface area contributed by atoms with E-state index >= 15 is 0 Å². The molecule has 0 atom stereocenters. The van der Waals surface area contributed by atoms with Crippen LogP contribution in [0.25, 0.3) is 21.8 Å². The maximum absolute atomic E-state index is 12.6. The third-order valence-electron chi connectivity index (χ3n) is 4.46. The molecule has 2 aromatic heterocycles. The molecule has 1 aliphatic rings. The van der Waals surface area contributed by atoms with Crippen LogP contribution in [0.2, 0.25) is 0 Å². The SMILES string of the molecule is O=C(Nc1cccc(-c2csc(-c3cccnc3)n2)c1)c1ccc2c(c1)OCO2. The summed E-state index contributed by atoms with van der Waals surface area (Å²) in [6.45, 7) is 0.178. The Kier molecular flexibility index (Phi) is 4.42. The van der Waals surface area contributed by atoms with Crippen molar-refractivity contribution in [1.82, 2.24) is 9.97 Å². The van der Waals surface area contributed by atoms with E-state index in [1.54, 1.807) is 41.9 Å². The Labute approximate surface area is 170 Å². The van der Waals surface area contributed by atoms with Crippen LogP contribution in [-0.4, -0.2) is 22.7 Å². The van der Waals surface area contributed by atoms with Crippen LogP contribution in [0, 0.1) is 0 Å². The Bertz CT molecular complexity index is 1190. The quantitative estimate of drug-likeness (QED) is 0.529. The van der Waals surface area contributed by atoms with E-state index in [-0.39, 0.29) is 12.7 Å². The number of carbonyl (C=O) groups is 1. The Hall–Kier alpha value is -3.71. The predicted octanol–water partition coefficient (Wildman–Crippen LogP) is 4.85. The minimum absolute atomic E-state index is 0.178. The van der Waals surface area contributed by atoms with Gasteiger partial charge in [-0.3, -0.25) is 9.78 Å². The highest BCUT2D eigenvalue weighted by atomic mass is 32.1. The lowest BCUT2D eigenvalue weighted by molar-refractivity contribution is 0.102. The van der Waals surface area contributed by atoms with Crippen LogP contribution in [0.1, 0.15) is 10.4 Å². The number of pyridine rings is 1. The maximum Gasteiger partial charge on any atom is 0.255 e. The second-order valence-electron chi connectivity index (χ2n) is 6.38. The maximum atomic E-state index is 12.6. The van der Waals surface area contributed by atoms with Crippen LogP contribution in [0.3, 0.4) is 0 Å². The van der Waals surface area contributed by atoms with Crippen molar-refractivity contribution in [1.29, 1.82) is 0 Å². The molecular weight excluding hydrogens is 386 g/mol. The molecule has 29 heavy (non-hydrogen) atoms. The first-order valence-corrected chi connectivity index (χ1v) is 9.81. The van der Waals surface area contributed by atoms with Crippen molar-refractivity contribution in [3.63, 3.8) is 0 Å². The van der Waals surface area contributed by atoms with Gasteiger partial charge in [-0.2, -0.15) is 0 Å². The number of hydrogen-bond acceptors (Lipinski definition) is 6. The minimum Gasteiger partial charge on any atom is -0.454 e. The fourth-order valence-electron chi connectivity index (χ4n) is 3.03. The third kappa shape index (κ3) is 3.55. The number of benzene rings is 2. The van der Waals surface area contributed by atoms with Crippen molar-refractivity contribution in [2.75, 3.05) is 12.1 Å². The number of fused-ring (bicyclic) bond motifs is 1. The molecule has 0 saturated heterocycles. The molecule has 4 aromatic rings. The van der Waals surface area contributed by atoms with Crippen molar-refractivity contribution in [2.24, 2.45) is 0 Å². The number of nitrogens with zero attached hydrogens (tertiary/aromatic N) is 2. The predicted molar refractivity (Wildman–Crippen MR) is 111 cm³/mol. The summed E-state index contributed by atoms with van der Waals surface area (Å²) in [6, 6.07) is 16.6. The second kappa shape index (κ2) is 7.37. The van der Waals surface area contributed by atoms with Crippen LogP contribution in [0.4, 0.5) is 5.69 Å². The zero-order chi connectivity index (χ0) is 19.6. The van der Waals surface area contributed by atoms with E-state index in [1.165, 1.54) is 0 Å². The summed E-state index contributed by atoms with van der Waals surface area (Å²) in [5, 5.41) is 5.83. The molecule has 1 amide bonds. The average molecular weight is 401 g/mol. The molecule has 5 rings (SSSR count). The molecule has 1 aliphatic heterocycles. The topological polar surface area (TPSA) is 73.3 Å². The van der Waals surface area contributed by atoms with Crippen molar-refractivity contribution in [3.8, 4) is 33.3 Å². The van der Waals surface area contributed by atoms with Gasteiger partial charge in [0.15, 0.2) is 11.5 Å². The first-order valence-electron chi connectivity index (χ1n) is 8.94. The summed E-state index contributed by atoms with van der Waals surface area (Å²) >= 11 is 1.56. The Morgan fingerprint density at radius 2 is 1.90 bits per heavy atom. The third-order valence-corrected chi connectivity index (χ3v) is 5.35. The van der Waals surface area contributed by atoms with Gasteiger partial charge in [-0.25, -0.2) is 4.98 Å². The molecule has 0 spiro atoms. The van der Waals surface area contributed by atoms with Gasteiger partial charge in [0.2, 0.25) is 6.79 Å². The highest BCUT2D eigenvalue weighted by Gasteiger charge is 2.16. The van der Waals surface area contributed by atoms with Crippen LogP contribution < -0.4 is 14.8 Å². The summed E-state index contributed by atoms with van der Waals surface area (Å²) in [7, 11) is 0. The smallest absolute Gasteiger partial charge is 0.255 e. The number of aromatic nitrogens is 2. The molecule has 6 nitrogen and oxygen atoms in total. The summed E-state index contributed by atoms with van der Waals surface area (Å²) in [6.07, 6.45) is 3.54. The van der Waals surface area contributed by atoms with Crippen molar-refractivity contribution < 1.29 is 14.3 Å². The highest BCUT2D eigenvalue weighted by Crippen LogP contribution is 2.33. The first kappa shape index (κ1) is 17.4. The molecule has 142 valence electrons. The van der Waals surface area contributed by atoms with E-state index in [1.807, 2.05) is 41.8 Å². The van der Waals surface area contributed by atoms with Gasteiger partial charge in [0, 0.05) is 40.2 Å². The monoisotopic (exact) mass is 401 g/mol. The van der Waals surface area contributed by atoms with Crippen molar-refractivity contribution in [3.05, 3.63) is 77.9 Å². The Morgan fingerprint density at radius 1 is 1.00 bits per heavy atom. The molecule has 0 saturated carbocycles. The summed E-state index contributed by atoms with van der Waals surface area (Å²) in [5.74, 6) is 1.02. The zero-order valence-electron chi connectivity index (χ0n) is 15.2. The standard InChI is InChI=1S/C22H15N3O3S/c26-21(15-6-7-19-20(10-15)28-13-27-19)24-17-5-1-3-14(9-17)18-12-29-22(25-18)16-4-2-8-23-11-16/h1-12H,13H2,(H,24,26). The number of anilines is 1. The molecule has 0 bridgehead atoms. The number of amides is 1. The largest absolute Gasteiger partial charge is 0.454 e. The molecule has 0 fully saturated rings. The lowest BCUT2D eigenvalue weighted by Gasteiger charge is -2.07. The van der Waals surface area contributed by atoms with Crippen LogP contribution in [0.15, 0.2) is 72.4 Å². The average Bonchev–Trinajstić information content (AvgIpc) is 3.44. The lowest BCUT2D eigenvalue weighted by Crippen LogP contribution is -2.11. The molecular formula is C22H15N3O3S. The van der Waals surface area contributed by atoms with Gasteiger partial charge in [0.1, 0.15) is 5.01 Å². The minimum atomic E-state index is -0.213. The molecule has 2 aromatic carbocycles. The van der Waals surface area contributed by atoms with Crippen LogP contribution in [0.5, 0.6) is 11.5 Å². The van der Waals surface area contributed by atoms with Crippen molar-refractivity contribution >= 4 is 22.9 Å². The van der Waals surface area contributed by atoms with Gasteiger partial charge in [0.25, 0.3) is 5.91 Å². The Morgan fingerprint density at radius 3 is 2.79 bits per heavy atom. The van der Waals surface area contributed by atoms with E-state index in [0.29, 0.717) is 22.7 Å². The summed E-state index contributed by atoms with van der Waals surface area (Å²) in [5.41, 5.74) is 3.97. The van der Waals surface area contributed by atoms with Gasteiger partial charge in [-0.15, -0.1) is 11.3 Å². The molecule has 7 heteroatoms. The number of ether oxygens (including phenoxy) is 2. The number of hydrogen-bond donors (Lipinski definition) is 1. The number of carbonyl (C=O) groups excluding carboxylic acids is 1. The normalized spacial score (nSPS) is 12.0. The number of thiazole rings is 1. The molecule has 0 radical (unpaired) electrons. The van der Waals surface area contributed by atoms with Gasteiger partial charge in [-0.1, -0.05) is 12.1 Å². The highest BCUT2D eigenvalue weighted by molar-refractivity contribution is 7.13. The van der Waals surface area contributed by atoms with Crippen molar-refractivity contribution in [2.45, 2.75) is 0 Å².